The Kier molecular flexibility index (Phi) is 22.6. The Labute approximate surface area is 241 Å². The van der Waals surface area contributed by atoms with Gasteiger partial charge in [0.25, 0.3) is 10.1 Å². The SMILES string of the molecule is CCCCC/C=C\C/C=C\CCCCCCCC(=O)OCCCCCN(CCOS(C)(=O)=O)C1CCCCC1. The van der Waals surface area contributed by atoms with Crippen molar-refractivity contribution in [3.63, 3.8) is 0 Å². The van der Waals surface area contributed by atoms with E-state index in [2.05, 4.69) is 36.1 Å². The first kappa shape index (κ1) is 35.8. The third-order valence-electron chi connectivity index (χ3n) is 7.45. The van der Waals surface area contributed by atoms with Crippen molar-refractivity contribution in [3.8, 4) is 0 Å². The minimum absolute atomic E-state index is 0.0672. The molecule has 39 heavy (non-hydrogen) atoms. The number of nitrogens with zero attached hydrogens (tertiary/aromatic N) is 1. The Morgan fingerprint density at radius 3 is 2.10 bits per heavy atom. The van der Waals surface area contributed by atoms with E-state index in [1.807, 2.05) is 0 Å². The fourth-order valence-electron chi connectivity index (χ4n) is 5.16. The van der Waals surface area contributed by atoms with Crippen LogP contribution in [0.1, 0.15) is 135 Å². The van der Waals surface area contributed by atoms with Crippen LogP contribution in [-0.2, 0) is 23.8 Å². The van der Waals surface area contributed by atoms with Gasteiger partial charge in [-0.25, -0.2) is 0 Å². The lowest BCUT2D eigenvalue weighted by molar-refractivity contribution is -0.143. The molecular formula is C32H59NO5S. The third-order valence-corrected chi connectivity index (χ3v) is 8.05. The highest BCUT2D eigenvalue weighted by Gasteiger charge is 2.21. The van der Waals surface area contributed by atoms with Crippen molar-refractivity contribution >= 4 is 16.1 Å². The van der Waals surface area contributed by atoms with E-state index < -0.39 is 10.1 Å². The highest BCUT2D eigenvalue weighted by Crippen LogP contribution is 2.23. The zero-order valence-corrected chi connectivity index (χ0v) is 26.1. The number of allylic oxidation sites excluding steroid dienone is 4. The lowest BCUT2D eigenvalue weighted by Crippen LogP contribution is -2.40. The number of carbonyl (C=O) groups excluding carboxylic acids is 1. The Morgan fingerprint density at radius 1 is 0.769 bits per heavy atom. The van der Waals surface area contributed by atoms with Crippen LogP contribution < -0.4 is 0 Å². The third kappa shape index (κ3) is 23.2. The smallest absolute Gasteiger partial charge is 0.305 e. The summed E-state index contributed by atoms with van der Waals surface area (Å²) in [6.07, 6.45) is 32.9. The summed E-state index contributed by atoms with van der Waals surface area (Å²) in [5.41, 5.74) is 0. The molecule has 1 rings (SSSR count). The van der Waals surface area contributed by atoms with E-state index in [1.165, 1.54) is 77.0 Å². The fourth-order valence-corrected chi connectivity index (χ4v) is 5.54. The molecular weight excluding hydrogens is 510 g/mol. The number of esters is 1. The minimum Gasteiger partial charge on any atom is -0.466 e. The number of hydrogen-bond donors (Lipinski definition) is 0. The molecule has 0 saturated heterocycles. The van der Waals surface area contributed by atoms with Gasteiger partial charge in [0, 0.05) is 19.0 Å². The van der Waals surface area contributed by atoms with Crippen molar-refractivity contribution in [2.24, 2.45) is 0 Å². The average molecular weight is 570 g/mol. The summed E-state index contributed by atoms with van der Waals surface area (Å²) in [5, 5.41) is 0. The Bertz CT molecular complexity index is 744. The van der Waals surface area contributed by atoms with Crippen LogP contribution in [0, 0.1) is 0 Å². The molecule has 1 fully saturated rings. The summed E-state index contributed by atoms with van der Waals surface area (Å²) in [6, 6.07) is 0.531. The largest absolute Gasteiger partial charge is 0.466 e. The van der Waals surface area contributed by atoms with E-state index >= 15 is 0 Å². The number of hydrogen-bond acceptors (Lipinski definition) is 6. The van der Waals surface area contributed by atoms with E-state index in [1.54, 1.807) is 0 Å². The number of rotatable bonds is 25. The van der Waals surface area contributed by atoms with Gasteiger partial charge in [-0.15, -0.1) is 0 Å². The van der Waals surface area contributed by atoms with Gasteiger partial charge in [0.15, 0.2) is 0 Å². The van der Waals surface area contributed by atoms with Crippen LogP contribution in [0.5, 0.6) is 0 Å². The summed E-state index contributed by atoms with van der Waals surface area (Å²) in [7, 11) is -3.39. The van der Waals surface area contributed by atoms with Crippen molar-refractivity contribution < 1.29 is 22.1 Å². The maximum Gasteiger partial charge on any atom is 0.305 e. The van der Waals surface area contributed by atoms with Crippen LogP contribution in [-0.4, -0.2) is 57.9 Å². The molecule has 0 N–H and O–H groups in total. The second kappa shape index (κ2) is 24.6. The molecule has 0 aliphatic heterocycles. The molecule has 1 aliphatic rings. The molecule has 0 amide bonds. The van der Waals surface area contributed by atoms with Crippen molar-refractivity contribution in [1.29, 1.82) is 0 Å². The van der Waals surface area contributed by atoms with Crippen molar-refractivity contribution in [1.82, 2.24) is 4.90 Å². The van der Waals surface area contributed by atoms with Crippen molar-refractivity contribution in [3.05, 3.63) is 24.3 Å². The van der Waals surface area contributed by atoms with Gasteiger partial charge in [-0.2, -0.15) is 8.42 Å². The molecule has 0 radical (unpaired) electrons. The van der Waals surface area contributed by atoms with E-state index in [-0.39, 0.29) is 12.6 Å². The van der Waals surface area contributed by atoms with Gasteiger partial charge >= 0.3 is 5.97 Å². The second-order valence-electron chi connectivity index (χ2n) is 11.1. The summed E-state index contributed by atoms with van der Waals surface area (Å²) in [5.74, 6) is -0.0672. The van der Waals surface area contributed by atoms with Crippen molar-refractivity contribution in [2.45, 2.75) is 141 Å². The number of carbonyl (C=O) groups is 1. The molecule has 1 saturated carbocycles. The van der Waals surface area contributed by atoms with Gasteiger partial charge in [0.05, 0.1) is 19.5 Å². The van der Waals surface area contributed by atoms with Gasteiger partial charge in [-0.05, 0) is 77.2 Å². The van der Waals surface area contributed by atoms with E-state index in [4.69, 9.17) is 8.92 Å². The zero-order valence-electron chi connectivity index (χ0n) is 25.3. The molecule has 0 bridgehead atoms. The van der Waals surface area contributed by atoms with E-state index in [9.17, 15) is 13.2 Å². The quantitative estimate of drug-likeness (QED) is 0.0478. The molecule has 0 aromatic rings. The molecule has 7 heteroatoms. The Balaban J connectivity index is 1.98. The summed E-state index contributed by atoms with van der Waals surface area (Å²) < 4.78 is 33.0. The van der Waals surface area contributed by atoms with Gasteiger partial charge in [-0.3, -0.25) is 13.9 Å². The first-order valence-electron chi connectivity index (χ1n) is 16.0. The summed E-state index contributed by atoms with van der Waals surface area (Å²) >= 11 is 0. The molecule has 0 unspecified atom stereocenters. The highest BCUT2D eigenvalue weighted by atomic mass is 32.2. The lowest BCUT2D eigenvalue weighted by atomic mass is 9.94. The van der Waals surface area contributed by atoms with Gasteiger partial charge in [0.1, 0.15) is 0 Å². The zero-order chi connectivity index (χ0) is 28.4. The molecule has 0 heterocycles. The molecule has 0 spiro atoms. The topological polar surface area (TPSA) is 72.9 Å². The van der Waals surface area contributed by atoms with Gasteiger partial charge < -0.3 is 4.74 Å². The predicted molar refractivity (Wildman–Crippen MR) is 163 cm³/mol. The van der Waals surface area contributed by atoms with Crippen LogP contribution in [0.25, 0.3) is 0 Å². The average Bonchev–Trinajstić information content (AvgIpc) is 2.91. The van der Waals surface area contributed by atoms with Crippen LogP contribution >= 0.6 is 0 Å². The fraction of sp³-hybridized carbons (Fsp3) is 0.844. The van der Waals surface area contributed by atoms with Crippen LogP contribution in [0.3, 0.4) is 0 Å². The van der Waals surface area contributed by atoms with E-state index in [0.29, 0.717) is 25.6 Å². The van der Waals surface area contributed by atoms with Crippen LogP contribution in [0.15, 0.2) is 24.3 Å². The maximum absolute atomic E-state index is 12.0. The van der Waals surface area contributed by atoms with Gasteiger partial charge in [0.2, 0.25) is 0 Å². The van der Waals surface area contributed by atoms with Gasteiger partial charge in [-0.1, -0.05) is 82.6 Å². The molecule has 0 aromatic heterocycles. The number of ether oxygens (including phenoxy) is 1. The summed E-state index contributed by atoms with van der Waals surface area (Å²) in [6.45, 7) is 4.56. The first-order chi connectivity index (χ1) is 18.9. The molecule has 0 atom stereocenters. The van der Waals surface area contributed by atoms with Crippen LogP contribution in [0.2, 0.25) is 0 Å². The minimum atomic E-state index is -3.39. The first-order valence-corrected chi connectivity index (χ1v) is 17.8. The standard InChI is InChI=1S/C32H59NO5S/c1-3-4-5-6-7-8-9-10-11-12-13-14-15-16-21-26-32(34)37-29-23-18-22-27-33(28-30-38-39(2,35)36)31-24-19-17-20-25-31/h7-8,10-11,31H,3-6,9,12-30H2,1-2H3/b8-7-,11-10-. The maximum atomic E-state index is 12.0. The predicted octanol–water partition coefficient (Wildman–Crippen LogP) is 8.12. The molecule has 228 valence electrons. The summed E-state index contributed by atoms with van der Waals surface area (Å²) in [4.78, 5) is 14.4. The Hall–Kier alpha value is -1.18. The normalized spacial score (nSPS) is 15.2. The molecule has 6 nitrogen and oxygen atoms in total. The second-order valence-corrected chi connectivity index (χ2v) is 12.8. The van der Waals surface area contributed by atoms with Crippen LogP contribution in [0.4, 0.5) is 0 Å². The number of unbranched alkanes of at least 4 members (excludes halogenated alkanes) is 10. The van der Waals surface area contributed by atoms with E-state index in [0.717, 1.165) is 57.7 Å². The lowest BCUT2D eigenvalue weighted by Gasteiger charge is -2.34. The highest BCUT2D eigenvalue weighted by molar-refractivity contribution is 7.85. The van der Waals surface area contributed by atoms with Crippen molar-refractivity contribution in [2.75, 3.05) is 32.6 Å². The molecule has 0 aromatic carbocycles. The molecule has 1 aliphatic carbocycles. The monoisotopic (exact) mass is 569 g/mol. The Morgan fingerprint density at radius 2 is 1.41 bits per heavy atom.